The predicted octanol–water partition coefficient (Wildman–Crippen LogP) is 1.29. The fraction of sp³-hybridized carbons (Fsp3) is 0.333. The molecule has 0 aliphatic heterocycles. The molecule has 0 fully saturated rings. The lowest BCUT2D eigenvalue weighted by Crippen LogP contribution is -2.12. The van der Waals surface area contributed by atoms with E-state index in [0.29, 0.717) is 0 Å². The first kappa shape index (κ1) is 12.3. The highest BCUT2D eigenvalue weighted by atomic mass is 19.1. The van der Waals surface area contributed by atoms with Crippen molar-refractivity contribution in [2.75, 3.05) is 6.61 Å². The Labute approximate surface area is 82.0 Å². The lowest BCUT2D eigenvalue weighted by Gasteiger charge is -2.02. The molecule has 2 N–H and O–H groups in total. The number of rotatable bonds is 4. The Morgan fingerprint density at radius 3 is 2.64 bits per heavy atom. The summed E-state index contributed by atoms with van der Waals surface area (Å²) in [6.07, 6.45) is 0.874. The summed E-state index contributed by atoms with van der Waals surface area (Å²) in [5.41, 5.74) is 4.77. The van der Waals surface area contributed by atoms with Crippen LogP contribution < -0.4 is 5.73 Å². The average Bonchev–Trinajstić information content (AvgIpc) is 2.13. The number of amidine groups is 1. The minimum atomic E-state index is -0.853. The fourth-order valence-corrected chi connectivity index (χ4v) is 0.669. The number of allylic oxidation sites excluding steroid dienone is 2. The average molecular weight is 200 g/mol. The summed E-state index contributed by atoms with van der Waals surface area (Å²) in [7, 11) is 0. The number of nitrogens with two attached hydrogens (primary N) is 1. The van der Waals surface area contributed by atoms with Crippen LogP contribution in [0.5, 0.6) is 0 Å². The third kappa shape index (κ3) is 3.84. The summed E-state index contributed by atoms with van der Waals surface area (Å²) >= 11 is 0. The molecular formula is C9H13FN2O2. The van der Waals surface area contributed by atoms with Gasteiger partial charge in [0, 0.05) is 0 Å². The standard InChI is InChI=1S/C9H13FN2O2/c1-4-7(10)8(12-6(3)11)9(13)14-5-2/h4H,1,5H2,2-3H3,(H2,11,12). The van der Waals surface area contributed by atoms with Gasteiger partial charge in [0.15, 0.2) is 11.5 Å². The Morgan fingerprint density at radius 1 is 1.71 bits per heavy atom. The zero-order valence-corrected chi connectivity index (χ0v) is 8.21. The Hall–Kier alpha value is -1.65. The van der Waals surface area contributed by atoms with Crippen LogP contribution in [0.2, 0.25) is 0 Å². The zero-order valence-electron chi connectivity index (χ0n) is 8.21. The molecule has 5 heteroatoms. The zero-order chi connectivity index (χ0) is 11.1. The molecule has 0 saturated heterocycles. The van der Waals surface area contributed by atoms with Crippen molar-refractivity contribution in [3.8, 4) is 0 Å². The van der Waals surface area contributed by atoms with Crippen LogP contribution in [0.25, 0.3) is 0 Å². The summed E-state index contributed by atoms with van der Waals surface area (Å²) in [6.45, 7) is 6.38. The molecule has 0 aromatic carbocycles. The maximum absolute atomic E-state index is 13.0. The lowest BCUT2D eigenvalue weighted by atomic mass is 10.3. The summed E-state index contributed by atoms with van der Waals surface area (Å²) in [4.78, 5) is 14.7. The van der Waals surface area contributed by atoms with E-state index >= 15 is 0 Å². The van der Waals surface area contributed by atoms with Crippen LogP contribution in [0, 0.1) is 0 Å². The molecule has 0 saturated carbocycles. The maximum atomic E-state index is 13.0. The summed E-state index contributed by atoms with van der Waals surface area (Å²) in [5, 5.41) is 0. The van der Waals surface area contributed by atoms with E-state index in [9.17, 15) is 9.18 Å². The molecular weight excluding hydrogens is 187 g/mol. The van der Waals surface area contributed by atoms with Crippen molar-refractivity contribution in [3.63, 3.8) is 0 Å². The second-order valence-corrected chi connectivity index (χ2v) is 2.37. The Bertz CT molecular complexity index is 291. The predicted molar refractivity (Wildman–Crippen MR) is 52.3 cm³/mol. The van der Waals surface area contributed by atoms with Gasteiger partial charge in [-0.2, -0.15) is 0 Å². The first-order chi connectivity index (χ1) is 6.52. The van der Waals surface area contributed by atoms with Crippen LogP contribution in [0.4, 0.5) is 4.39 Å². The van der Waals surface area contributed by atoms with E-state index in [0.717, 1.165) is 6.08 Å². The van der Waals surface area contributed by atoms with E-state index in [1.807, 2.05) is 0 Å². The second kappa shape index (κ2) is 5.90. The highest BCUT2D eigenvalue weighted by Gasteiger charge is 2.14. The van der Waals surface area contributed by atoms with E-state index < -0.39 is 17.5 Å². The molecule has 4 nitrogen and oxygen atoms in total. The van der Waals surface area contributed by atoms with Crippen molar-refractivity contribution in [2.24, 2.45) is 10.7 Å². The first-order valence-electron chi connectivity index (χ1n) is 4.03. The van der Waals surface area contributed by atoms with Crippen LogP contribution >= 0.6 is 0 Å². The van der Waals surface area contributed by atoms with Gasteiger partial charge >= 0.3 is 5.97 Å². The van der Waals surface area contributed by atoms with E-state index in [2.05, 4.69) is 16.3 Å². The second-order valence-electron chi connectivity index (χ2n) is 2.37. The normalized spacial score (nSPS) is 13.2. The van der Waals surface area contributed by atoms with Gasteiger partial charge in [0.1, 0.15) is 0 Å². The van der Waals surface area contributed by atoms with Crippen LogP contribution in [-0.2, 0) is 9.53 Å². The van der Waals surface area contributed by atoms with E-state index in [-0.39, 0.29) is 12.4 Å². The first-order valence-corrected chi connectivity index (χ1v) is 4.03. The fourth-order valence-electron chi connectivity index (χ4n) is 0.669. The van der Waals surface area contributed by atoms with Crippen molar-refractivity contribution in [3.05, 3.63) is 24.2 Å². The maximum Gasteiger partial charge on any atom is 0.360 e. The number of carbonyl (C=O) groups excluding carboxylic acids is 1. The summed E-state index contributed by atoms with van der Waals surface area (Å²) < 4.78 is 17.6. The van der Waals surface area contributed by atoms with Gasteiger partial charge < -0.3 is 10.5 Å². The van der Waals surface area contributed by atoms with Gasteiger partial charge in [-0.3, -0.25) is 0 Å². The molecule has 0 aromatic rings. The smallest absolute Gasteiger partial charge is 0.360 e. The van der Waals surface area contributed by atoms with Crippen LogP contribution in [0.15, 0.2) is 29.2 Å². The number of halogens is 1. The molecule has 0 amide bonds. The number of hydrogen-bond donors (Lipinski definition) is 1. The van der Waals surface area contributed by atoms with Gasteiger partial charge in [0.2, 0.25) is 0 Å². The van der Waals surface area contributed by atoms with Crippen molar-refractivity contribution in [1.29, 1.82) is 0 Å². The third-order valence-electron chi connectivity index (χ3n) is 1.16. The molecule has 0 radical (unpaired) electrons. The Morgan fingerprint density at radius 2 is 2.29 bits per heavy atom. The van der Waals surface area contributed by atoms with Crippen molar-refractivity contribution in [2.45, 2.75) is 13.8 Å². The minimum Gasteiger partial charge on any atom is -0.461 e. The quantitative estimate of drug-likeness (QED) is 0.244. The topological polar surface area (TPSA) is 64.7 Å². The molecule has 0 aliphatic rings. The van der Waals surface area contributed by atoms with Crippen LogP contribution in [0.1, 0.15) is 13.8 Å². The lowest BCUT2D eigenvalue weighted by molar-refractivity contribution is -0.138. The molecule has 0 unspecified atom stereocenters. The van der Waals surface area contributed by atoms with Gasteiger partial charge in [0.05, 0.1) is 12.4 Å². The van der Waals surface area contributed by atoms with Gasteiger partial charge in [-0.05, 0) is 19.9 Å². The van der Waals surface area contributed by atoms with Crippen molar-refractivity contribution >= 4 is 11.8 Å². The van der Waals surface area contributed by atoms with Gasteiger partial charge in [-0.25, -0.2) is 14.2 Å². The minimum absolute atomic E-state index is 0.0741. The molecule has 0 spiro atoms. The molecule has 0 atom stereocenters. The van der Waals surface area contributed by atoms with Crippen molar-refractivity contribution in [1.82, 2.24) is 0 Å². The molecule has 0 aromatic heterocycles. The number of carbonyl (C=O) groups is 1. The summed E-state index contributed by atoms with van der Waals surface area (Å²) in [6, 6.07) is 0. The highest BCUT2D eigenvalue weighted by Crippen LogP contribution is 2.11. The highest BCUT2D eigenvalue weighted by molar-refractivity contribution is 5.93. The van der Waals surface area contributed by atoms with E-state index in [4.69, 9.17) is 5.73 Å². The molecule has 14 heavy (non-hydrogen) atoms. The Balaban J connectivity index is 5.02. The SMILES string of the molecule is C=CC(F)=C(N=C(C)N)C(=O)OCC. The molecule has 0 rings (SSSR count). The van der Waals surface area contributed by atoms with Gasteiger partial charge in [-0.15, -0.1) is 0 Å². The van der Waals surface area contributed by atoms with E-state index in [1.54, 1.807) is 6.92 Å². The van der Waals surface area contributed by atoms with Gasteiger partial charge in [-0.1, -0.05) is 6.58 Å². The van der Waals surface area contributed by atoms with Crippen LogP contribution in [-0.4, -0.2) is 18.4 Å². The monoisotopic (exact) mass is 200 g/mol. The van der Waals surface area contributed by atoms with Gasteiger partial charge in [0.25, 0.3) is 0 Å². The number of nitrogens with zero attached hydrogens (tertiary/aromatic N) is 1. The van der Waals surface area contributed by atoms with Crippen LogP contribution in [0.3, 0.4) is 0 Å². The number of hydrogen-bond acceptors (Lipinski definition) is 3. The van der Waals surface area contributed by atoms with E-state index in [1.165, 1.54) is 6.92 Å². The molecule has 78 valence electrons. The Kier molecular flexibility index (Phi) is 5.21. The number of aliphatic imine (C=N–C) groups is 1. The molecule has 0 heterocycles. The van der Waals surface area contributed by atoms with Crippen molar-refractivity contribution < 1.29 is 13.9 Å². The number of ether oxygens (including phenoxy) is 1. The number of esters is 1. The molecule has 0 aliphatic carbocycles. The summed E-state index contributed by atoms with van der Waals surface area (Å²) in [5.74, 6) is -1.63. The molecule has 0 bridgehead atoms. The third-order valence-corrected chi connectivity index (χ3v) is 1.16. The largest absolute Gasteiger partial charge is 0.461 e.